The predicted octanol–water partition coefficient (Wildman–Crippen LogP) is 2.79. The van der Waals surface area contributed by atoms with Crippen LogP contribution in [0.4, 0.5) is 0 Å². The summed E-state index contributed by atoms with van der Waals surface area (Å²) < 4.78 is 0. The smallest absolute Gasteiger partial charge is 0.222 e. The molecule has 0 saturated heterocycles. The second-order valence-electron chi connectivity index (χ2n) is 3.57. The molecule has 2 rings (SSSR count). The Hall–Kier alpha value is -0.880. The van der Waals surface area contributed by atoms with Gasteiger partial charge in [0.05, 0.1) is 6.04 Å². The molecule has 0 atom stereocenters. The van der Waals surface area contributed by atoms with Crippen LogP contribution in [0.3, 0.4) is 0 Å². The summed E-state index contributed by atoms with van der Waals surface area (Å²) in [6.07, 6.45) is 0.368. The molecule has 0 radical (unpaired) electrons. The fourth-order valence-corrected chi connectivity index (χ4v) is 3.22. The van der Waals surface area contributed by atoms with Gasteiger partial charge in [0, 0.05) is 22.7 Å². The molecule has 0 unspecified atom stereocenters. The molecule has 0 fully saturated rings. The molecule has 3 N–H and O–H groups in total. The molecule has 0 saturated carbocycles. The Morgan fingerprint density at radius 2 is 1.78 bits per heavy atom. The van der Waals surface area contributed by atoms with E-state index in [1.165, 1.54) is 0 Å². The number of nitrogens with one attached hydrogen (secondary N) is 1. The molecule has 1 amide bonds. The highest BCUT2D eigenvalue weighted by molar-refractivity contribution is 7.11. The van der Waals surface area contributed by atoms with Crippen molar-refractivity contribution in [2.24, 2.45) is 5.73 Å². The van der Waals surface area contributed by atoms with Crippen LogP contribution < -0.4 is 11.1 Å². The molecule has 6 heteroatoms. The van der Waals surface area contributed by atoms with Crippen LogP contribution in [-0.2, 0) is 4.79 Å². The summed E-state index contributed by atoms with van der Waals surface area (Å²) >= 11 is 3.30. The lowest BCUT2D eigenvalue weighted by molar-refractivity contribution is -0.121. The van der Waals surface area contributed by atoms with Gasteiger partial charge in [0.2, 0.25) is 5.91 Å². The van der Waals surface area contributed by atoms with Crippen LogP contribution in [-0.4, -0.2) is 12.5 Å². The van der Waals surface area contributed by atoms with Gasteiger partial charge in [-0.25, -0.2) is 0 Å². The van der Waals surface area contributed by atoms with Gasteiger partial charge in [-0.15, -0.1) is 35.1 Å². The van der Waals surface area contributed by atoms with Gasteiger partial charge in [-0.2, -0.15) is 0 Å². The maximum atomic E-state index is 11.7. The minimum absolute atomic E-state index is 0. The Bertz CT molecular complexity index is 422. The summed E-state index contributed by atoms with van der Waals surface area (Å²) in [6, 6.07) is 8.04. The summed E-state index contributed by atoms with van der Waals surface area (Å²) in [6.45, 7) is 0.382. The van der Waals surface area contributed by atoms with Crippen LogP contribution in [0.5, 0.6) is 0 Å². The van der Waals surface area contributed by atoms with Gasteiger partial charge >= 0.3 is 0 Å². The molecule has 2 aromatic rings. The zero-order chi connectivity index (χ0) is 12.1. The first-order valence-corrected chi connectivity index (χ1v) is 7.13. The molecule has 0 bridgehead atoms. The van der Waals surface area contributed by atoms with Gasteiger partial charge in [0.25, 0.3) is 0 Å². The lowest BCUT2D eigenvalue weighted by atomic mass is 10.2. The predicted molar refractivity (Wildman–Crippen MR) is 79.5 cm³/mol. The largest absolute Gasteiger partial charge is 0.344 e. The van der Waals surface area contributed by atoms with Crippen LogP contribution in [0, 0.1) is 0 Å². The van der Waals surface area contributed by atoms with Gasteiger partial charge in [-0.1, -0.05) is 12.1 Å². The van der Waals surface area contributed by atoms with Crippen molar-refractivity contribution in [1.82, 2.24) is 5.32 Å². The average molecular weight is 303 g/mol. The second kappa shape index (κ2) is 7.53. The van der Waals surface area contributed by atoms with Gasteiger partial charge < -0.3 is 11.1 Å². The summed E-state index contributed by atoms with van der Waals surface area (Å²) in [5, 5.41) is 7.06. The van der Waals surface area contributed by atoms with E-state index in [0.717, 1.165) is 9.75 Å². The monoisotopic (exact) mass is 302 g/mol. The van der Waals surface area contributed by atoms with Crippen LogP contribution in [0.2, 0.25) is 0 Å². The number of thiophene rings is 2. The molecule has 2 aromatic heterocycles. The topological polar surface area (TPSA) is 55.1 Å². The van der Waals surface area contributed by atoms with Gasteiger partial charge in [-0.3, -0.25) is 4.79 Å². The first kappa shape index (κ1) is 15.2. The number of rotatable bonds is 5. The maximum Gasteiger partial charge on any atom is 0.222 e. The molecular formula is C12H15ClN2OS2. The van der Waals surface area contributed by atoms with Gasteiger partial charge in [0.15, 0.2) is 0 Å². The van der Waals surface area contributed by atoms with Crippen molar-refractivity contribution in [1.29, 1.82) is 0 Å². The lowest BCUT2D eigenvalue weighted by Crippen LogP contribution is -2.29. The maximum absolute atomic E-state index is 11.7. The van der Waals surface area contributed by atoms with Crippen LogP contribution >= 0.6 is 35.1 Å². The van der Waals surface area contributed by atoms with Crippen molar-refractivity contribution < 1.29 is 4.79 Å². The standard InChI is InChI=1S/C12H14N2OS2.ClH/c13-6-5-11(15)14-12(9-3-1-7-16-9)10-4-2-8-17-10;/h1-4,7-8,12H,5-6,13H2,(H,14,15);1H. The van der Waals surface area contributed by atoms with Gasteiger partial charge in [0.1, 0.15) is 0 Å². The van der Waals surface area contributed by atoms with Crippen LogP contribution in [0.1, 0.15) is 22.2 Å². The zero-order valence-corrected chi connectivity index (χ0v) is 12.1. The Labute approximate surface area is 120 Å². The molecular weight excluding hydrogens is 288 g/mol. The van der Waals surface area contributed by atoms with E-state index in [4.69, 9.17) is 5.73 Å². The molecule has 0 aromatic carbocycles. The molecule has 0 aliphatic rings. The van der Waals surface area contributed by atoms with E-state index in [1.54, 1.807) is 22.7 Å². The van der Waals surface area contributed by atoms with E-state index < -0.39 is 0 Å². The minimum Gasteiger partial charge on any atom is -0.344 e. The third-order valence-electron chi connectivity index (χ3n) is 2.33. The molecule has 18 heavy (non-hydrogen) atoms. The molecule has 2 heterocycles. The molecule has 0 spiro atoms. The Kier molecular flexibility index (Phi) is 6.35. The Morgan fingerprint density at radius 1 is 1.22 bits per heavy atom. The second-order valence-corrected chi connectivity index (χ2v) is 5.53. The average Bonchev–Trinajstić information content (AvgIpc) is 3.00. The van der Waals surface area contributed by atoms with Crippen molar-refractivity contribution in [2.45, 2.75) is 12.5 Å². The van der Waals surface area contributed by atoms with E-state index in [-0.39, 0.29) is 24.4 Å². The Balaban J connectivity index is 0.00000162. The lowest BCUT2D eigenvalue weighted by Gasteiger charge is -2.15. The summed E-state index contributed by atoms with van der Waals surface area (Å²) in [4.78, 5) is 14.0. The SMILES string of the molecule is Cl.NCCC(=O)NC(c1cccs1)c1cccs1. The number of hydrogen-bond acceptors (Lipinski definition) is 4. The molecule has 3 nitrogen and oxygen atoms in total. The van der Waals surface area contributed by atoms with Crippen molar-refractivity contribution in [3.63, 3.8) is 0 Å². The fourth-order valence-electron chi connectivity index (χ4n) is 1.56. The van der Waals surface area contributed by atoms with Crippen molar-refractivity contribution in [2.75, 3.05) is 6.54 Å². The summed E-state index contributed by atoms with van der Waals surface area (Å²) in [5.74, 6) is -0.000648. The van der Waals surface area contributed by atoms with Crippen molar-refractivity contribution >= 4 is 41.0 Å². The number of carbonyl (C=O) groups is 1. The fraction of sp³-hybridized carbons (Fsp3) is 0.250. The number of amides is 1. The quantitative estimate of drug-likeness (QED) is 0.892. The van der Waals surface area contributed by atoms with Crippen LogP contribution in [0.15, 0.2) is 35.0 Å². The summed E-state index contributed by atoms with van der Waals surface area (Å²) in [7, 11) is 0. The highest BCUT2D eigenvalue weighted by Gasteiger charge is 2.18. The first-order chi connectivity index (χ1) is 8.31. The molecule has 0 aliphatic carbocycles. The highest BCUT2D eigenvalue weighted by Crippen LogP contribution is 2.29. The van der Waals surface area contributed by atoms with E-state index in [2.05, 4.69) is 5.32 Å². The highest BCUT2D eigenvalue weighted by atomic mass is 35.5. The van der Waals surface area contributed by atoms with E-state index in [9.17, 15) is 4.79 Å². The third kappa shape index (κ3) is 3.81. The third-order valence-corrected chi connectivity index (χ3v) is 4.21. The number of halogens is 1. The minimum atomic E-state index is -0.0333. The van der Waals surface area contributed by atoms with Crippen molar-refractivity contribution in [3.05, 3.63) is 44.8 Å². The van der Waals surface area contributed by atoms with Gasteiger partial charge in [-0.05, 0) is 22.9 Å². The number of nitrogens with two attached hydrogens (primary N) is 1. The van der Waals surface area contributed by atoms with E-state index in [1.807, 2.05) is 35.0 Å². The summed E-state index contributed by atoms with van der Waals surface area (Å²) in [5.41, 5.74) is 5.39. The first-order valence-electron chi connectivity index (χ1n) is 5.37. The number of carbonyl (C=O) groups excluding carboxylic acids is 1. The Morgan fingerprint density at radius 3 is 2.17 bits per heavy atom. The van der Waals surface area contributed by atoms with E-state index >= 15 is 0 Å². The van der Waals surface area contributed by atoms with Crippen LogP contribution in [0.25, 0.3) is 0 Å². The molecule has 0 aliphatic heterocycles. The molecule has 98 valence electrons. The van der Waals surface area contributed by atoms with Crippen molar-refractivity contribution in [3.8, 4) is 0 Å². The normalized spacial score (nSPS) is 10.1. The zero-order valence-electron chi connectivity index (χ0n) is 9.67. The van der Waals surface area contributed by atoms with E-state index in [0.29, 0.717) is 13.0 Å². The number of hydrogen-bond donors (Lipinski definition) is 2.